The fourth-order valence-corrected chi connectivity index (χ4v) is 4.75. The number of hydrogen-bond donors (Lipinski definition) is 2. The Hall–Kier alpha value is -0.450. The number of aryl methyl sites for hydroxylation is 2. The highest BCUT2D eigenvalue weighted by Crippen LogP contribution is 2.35. The molecule has 2 unspecified atom stereocenters. The molecule has 1 aromatic heterocycles. The summed E-state index contributed by atoms with van der Waals surface area (Å²) in [5, 5.41) is 15.2. The normalized spacial score (nSPS) is 24.8. The van der Waals surface area contributed by atoms with Gasteiger partial charge in [0.15, 0.2) is 0 Å². The second-order valence-electron chi connectivity index (χ2n) is 6.24. The monoisotopic (exact) mass is 294 g/mol. The fourth-order valence-electron chi connectivity index (χ4n) is 3.59. The predicted octanol–water partition coefficient (Wildman–Crippen LogP) is 3.22. The van der Waals surface area contributed by atoms with E-state index in [1.807, 2.05) is 11.3 Å². The van der Waals surface area contributed by atoms with Gasteiger partial charge in [0.1, 0.15) is 0 Å². The molecule has 20 heavy (non-hydrogen) atoms. The molecular formula is C16H26N2OS. The van der Waals surface area contributed by atoms with Crippen molar-refractivity contribution in [3.8, 4) is 0 Å². The Bertz CT molecular complexity index is 440. The van der Waals surface area contributed by atoms with E-state index in [2.05, 4.69) is 12.2 Å². The molecular weight excluding hydrogens is 268 g/mol. The number of fused-ring (bicyclic) bond motifs is 1. The molecule has 3 rings (SSSR count). The van der Waals surface area contributed by atoms with Crippen LogP contribution in [-0.4, -0.2) is 22.7 Å². The van der Waals surface area contributed by atoms with Gasteiger partial charge >= 0.3 is 0 Å². The number of hydrogen-bond acceptors (Lipinski definition) is 4. The first-order valence-corrected chi connectivity index (χ1v) is 8.99. The van der Waals surface area contributed by atoms with Crippen LogP contribution in [0.15, 0.2) is 0 Å². The third kappa shape index (κ3) is 3.07. The molecule has 2 aliphatic rings. The predicted molar refractivity (Wildman–Crippen MR) is 83.1 cm³/mol. The van der Waals surface area contributed by atoms with Crippen LogP contribution in [0.1, 0.15) is 67.1 Å². The summed E-state index contributed by atoms with van der Waals surface area (Å²) in [7, 11) is 0. The van der Waals surface area contributed by atoms with Crippen molar-refractivity contribution in [3.63, 3.8) is 0 Å². The molecule has 0 radical (unpaired) electrons. The van der Waals surface area contributed by atoms with Crippen molar-refractivity contribution in [2.45, 2.75) is 70.4 Å². The Kier molecular flexibility index (Phi) is 4.74. The summed E-state index contributed by atoms with van der Waals surface area (Å²) in [4.78, 5) is 6.18. The standard InChI is InChI=1S/C16H26N2OS/c1-2-15-18-13-9-5-8-12(16(13)20-15)17-10-14(19)11-6-3-4-7-11/h11-12,14,17,19H,2-10H2,1H3. The van der Waals surface area contributed by atoms with Crippen molar-refractivity contribution in [2.75, 3.05) is 6.54 Å². The van der Waals surface area contributed by atoms with Crippen LogP contribution >= 0.6 is 11.3 Å². The summed E-state index contributed by atoms with van der Waals surface area (Å²) in [5.41, 5.74) is 1.31. The van der Waals surface area contributed by atoms with E-state index in [1.165, 1.54) is 54.1 Å². The highest BCUT2D eigenvalue weighted by Gasteiger charge is 2.27. The van der Waals surface area contributed by atoms with Crippen LogP contribution in [0.25, 0.3) is 0 Å². The number of aliphatic hydroxyl groups is 1. The minimum atomic E-state index is -0.165. The summed E-state index contributed by atoms with van der Waals surface area (Å²) in [6, 6.07) is 0.424. The number of nitrogens with one attached hydrogen (secondary N) is 1. The Morgan fingerprint density at radius 3 is 2.85 bits per heavy atom. The summed E-state index contributed by atoms with van der Waals surface area (Å²) in [6.07, 6.45) is 9.42. The number of rotatable bonds is 5. The first kappa shape index (κ1) is 14.5. The van der Waals surface area contributed by atoms with E-state index in [0.29, 0.717) is 12.0 Å². The van der Waals surface area contributed by atoms with Gasteiger partial charge in [-0.15, -0.1) is 11.3 Å². The van der Waals surface area contributed by atoms with Gasteiger partial charge < -0.3 is 10.4 Å². The van der Waals surface area contributed by atoms with Crippen LogP contribution in [-0.2, 0) is 12.8 Å². The largest absolute Gasteiger partial charge is 0.392 e. The second kappa shape index (κ2) is 6.54. The van der Waals surface area contributed by atoms with Gasteiger partial charge in [-0.05, 0) is 44.4 Å². The Balaban J connectivity index is 1.59. The molecule has 112 valence electrons. The maximum absolute atomic E-state index is 10.3. The van der Waals surface area contributed by atoms with Gasteiger partial charge in [0.2, 0.25) is 0 Å². The maximum Gasteiger partial charge on any atom is 0.0928 e. The minimum Gasteiger partial charge on any atom is -0.392 e. The van der Waals surface area contributed by atoms with Crippen LogP contribution in [0.2, 0.25) is 0 Å². The zero-order valence-corrected chi connectivity index (χ0v) is 13.2. The van der Waals surface area contributed by atoms with Crippen molar-refractivity contribution in [1.82, 2.24) is 10.3 Å². The van der Waals surface area contributed by atoms with E-state index >= 15 is 0 Å². The van der Waals surface area contributed by atoms with Crippen LogP contribution in [0.3, 0.4) is 0 Å². The molecule has 1 aromatic rings. The average Bonchev–Trinajstić information content (AvgIpc) is 3.13. The third-order valence-corrected chi connectivity index (χ3v) is 6.17. The highest BCUT2D eigenvalue weighted by molar-refractivity contribution is 7.11. The number of aromatic nitrogens is 1. The van der Waals surface area contributed by atoms with Crippen LogP contribution < -0.4 is 5.32 Å². The second-order valence-corrected chi connectivity index (χ2v) is 7.35. The molecule has 2 atom stereocenters. The van der Waals surface area contributed by atoms with Gasteiger partial charge in [-0.3, -0.25) is 0 Å². The zero-order chi connectivity index (χ0) is 13.9. The van der Waals surface area contributed by atoms with Crippen molar-refractivity contribution in [3.05, 3.63) is 15.6 Å². The molecule has 0 amide bonds. The van der Waals surface area contributed by atoms with Crippen molar-refractivity contribution >= 4 is 11.3 Å². The molecule has 2 N–H and O–H groups in total. The van der Waals surface area contributed by atoms with Gasteiger partial charge in [-0.2, -0.15) is 0 Å². The average molecular weight is 294 g/mol. The van der Waals surface area contributed by atoms with Gasteiger partial charge in [0.05, 0.1) is 16.8 Å². The van der Waals surface area contributed by atoms with Crippen LogP contribution in [0.5, 0.6) is 0 Å². The first-order chi connectivity index (χ1) is 9.78. The van der Waals surface area contributed by atoms with E-state index in [1.54, 1.807) is 0 Å². The lowest BCUT2D eigenvalue weighted by molar-refractivity contribution is 0.105. The van der Waals surface area contributed by atoms with E-state index in [0.717, 1.165) is 19.4 Å². The van der Waals surface area contributed by atoms with Gasteiger partial charge in [0.25, 0.3) is 0 Å². The summed E-state index contributed by atoms with van der Waals surface area (Å²) >= 11 is 1.87. The van der Waals surface area contributed by atoms with Crippen molar-refractivity contribution < 1.29 is 5.11 Å². The topological polar surface area (TPSA) is 45.2 Å². The van der Waals surface area contributed by atoms with E-state index in [9.17, 15) is 5.11 Å². The Morgan fingerprint density at radius 2 is 2.10 bits per heavy atom. The zero-order valence-electron chi connectivity index (χ0n) is 12.4. The van der Waals surface area contributed by atoms with Crippen molar-refractivity contribution in [1.29, 1.82) is 0 Å². The third-order valence-electron chi connectivity index (χ3n) is 4.81. The Morgan fingerprint density at radius 1 is 1.30 bits per heavy atom. The summed E-state index contributed by atoms with van der Waals surface area (Å²) in [6.45, 7) is 2.92. The molecule has 3 nitrogen and oxygen atoms in total. The first-order valence-electron chi connectivity index (χ1n) is 8.18. The lowest BCUT2D eigenvalue weighted by Gasteiger charge is -2.25. The van der Waals surface area contributed by atoms with Gasteiger partial charge in [-0.1, -0.05) is 19.8 Å². The van der Waals surface area contributed by atoms with E-state index in [4.69, 9.17) is 4.98 Å². The minimum absolute atomic E-state index is 0.165. The molecule has 0 aromatic carbocycles. The molecule has 0 aliphatic heterocycles. The molecule has 0 saturated heterocycles. The van der Waals surface area contributed by atoms with E-state index < -0.39 is 0 Å². The molecule has 1 fully saturated rings. The molecule has 0 bridgehead atoms. The molecule has 1 saturated carbocycles. The summed E-state index contributed by atoms with van der Waals surface area (Å²) < 4.78 is 0. The maximum atomic E-state index is 10.3. The molecule has 2 aliphatic carbocycles. The SMILES string of the molecule is CCc1nc2c(s1)C(NCC(O)C1CCCC1)CCC2. The Labute approximate surface area is 125 Å². The lowest BCUT2D eigenvalue weighted by Crippen LogP contribution is -2.35. The summed E-state index contributed by atoms with van der Waals surface area (Å²) in [5.74, 6) is 0.526. The van der Waals surface area contributed by atoms with Crippen molar-refractivity contribution in [2.24, 2.45) is 5.92 Å². The van der Waals surface area contributed by atoms with Gasteiger partial charge in [-0.25, -0.2) is 4.98 Å². The quantitative estimate of drug-likeness (QED) is 0.876. The molecule has 1 heterocycles. The molecule has 0 spiro atoms. The number of aliphatic hydroxyl groups excluding tert-OH is 1. The van der Waals surface area contributed by atoms with Crippen LogP contribution in [0.4, 0.5) is 0 Å². The smallest absolute Gasteiger partial charge is 0.0928 e. The van der Waals surface area contributed by atoms with Crippen LogP contribution in [0, 0.1) is 5.92 Å². The fraction of sp³-hybridized carbons (Fsp3) is 0.812. The lowest BCUT2D eigenvalue weighted by atomic mass is 9.96. The molecule has 4 heteroatoms. The highest BCUT2D eigenvalue weighted by atomic mass is 32.1. The van der Waals surface area contributed by atoms with E-state index in [-0.39, 0.29) is 6.10 Å². The van der Waals surface area contributed by atoms with Gasteiger partial charge in [0, 0.05) is 17.5 Å². The number of thiazole rings is 1. The number of nitrogens with zero attached hydrogens (tertiary/aromatic N) is 1.